The fourth-order valence-corrected chi connectivity index (χ4v) is 3.45. The van der Waals surface area contributed by atoms with Gasteiger partial charge in [-0.1, -0.05) is 39.0 Å². The lowest BCUT2D eigenvalue weighted by Crippen LogP contribution is -2.40. The monoisotopic (exact) mass is 363 g/mol. The molecule has 2 heterocycles. The maximum Gasteiger partial charge on any atom is 0.249 e. The molecule has 1 aliphatic rings. The van der Waals surface area contributed by atoms with Crippen molar-refractivity contribution < 1.29 is 9.21 Å². The molecule has 1 aromatic heterocycles. The second-order valence-corrected chi connectivity index (χ2v) is 8.19. The van der Waals surface area contributed by atoms with Gasteiger partial charge in [-0.05, 0) is 43.2 Å². The molecule has 0 aliphatic carbocycles. The number of hydrogen-bond donors (Lipinski definition) is 1. The Balaban J connectivity index is 1.52. The zero-order valence-electron chi connectivity index (χ0n) is 16.2. The number of anilines is 2. The Kier molecular flexibility index (Phi) is 4.17. The Labute approximate surface area is 159 Å². The molecule has 3 aromatic rings. The van der Waals surface area contributed by atoms with Gasteiger partial charge in [0, 0.05) is 23.3 Å². The molecule has 140 valence electrons. The standard InChI is InChI=1S/C22H25N3O2/c1-14(20(26)25-12-11-15-7-5-6-8-18(15)25)23-16-9-10-19-17(13-16)24-21(27-19)22(2,3)4/h5-10,13-14,23H,11-12H2,1-4H3/t14-/m1/s1. The molecule has 0 radical (unpaired) electrons. The zero-order valence-corrected chi connectivity index (χ0v) is 16.2. The van der Waals surface area contributed by atoms with Crippen molar-refractivity contribution in [2.75, 3.05) is 16.8 Å². The minimum Gasteiger partial charge on any atom is -0.440 e. The van der Waals surface area contributed by atoms with E-state index >= 15 is 0 Å². The fourth-order valence-electron chi connectivity index (χ4n) is 3.45. The first kappa shape index (κ1) is 17.6. The zero-order chi connectivity index (χ0) is 19.2. The predicted octanol–water partition coefficient (Wildman–Crippen LogP) is 4.52. The highest BCUT2D eigenvalue weighted by Crippen LogP contribution is 2.29. The SMILES string of the molecule is C[C@@H](Nc1ccc2oc(C(C)(C)C)nc2c1)C(=O)N1CCc2ccccc21. The lowest BCUT2D eigenvalue weighted by atomic mass is 9.97. The number of aromatic nitrogens is 1. The summed E-state index contributed by atoms with van der Waals surface area (Å²) in [6.45, 7) is 8.86. The van der Waals surface area contributed by atoms with E-state index in [4.69, 9.17) is 4.42 Å². The lowest BCUT2D eigenvalue weighted by molar-refractivity contribution is -0.118. The van der Waals surface area contributed by atoms with Crippen LogP contribution in [0.2, 0.25) is 0 Å². The van der Waals surface area contributed by atoms with Gasteiger partial charge in [0.05, 0.1) is 0 Å². The summed E-state index contributed by atoms with van der Waals surface area (Å²) in [4.78, 5) is 19.4. The normalized spacial score (nSPS) is 15.0. The highest BCUT2D eigenvalue weighted by atomic mass is 16.3. The smallest absolute Gasteiger partial charge is 0.249 e. The molecular formula is C22H25N3O2. The van der Waals surface area contributed by atoms with E-state index < -0.39 is 0 Å². The van der Waals surface area contributed by atoms with E-state index in [0.717, 1.165) is 35.4 Å². The molecule has 0 saturated carbocycles. The molecule has 1 aliphatic heterocycles. The van der Waals surface area contributed by atoms with E-state index in [9.17, 15) is 4.79 Å². The number of amides is 1. The molecule has 1 N–H and O–H groups in total. The molecule has 1 amide bonds. The van der Waals surface area contributed by atoms with E-state index in [-0.39, 0.29) is 17.4 Å². The van der Waals surface area contributed by atoms with Gasteiger partial charge >= 0.3 is 0 Å². The van der Waals surface area contributed by atoms with Crippen molar-refractivity contribution in [3.63, 3.8) is 0 Å². The molecule has 0 spiro atoms. The number of oxazole rings is 1. The third kappa shape index (κ3) is 3.29. The van der Waals surface area contributed by atoms with Crippen LogP contribution in [-0.2, 0) is 16.6 Å². The highest BCUT2D eigenvalue weighted by molar-refractivity contribution is 6.00. The highest BCUT2D eigenvalue weighted by Gasteiger charge is 2.28. The van der Waals surface area contributed by atoms with Crippen LogP contribution in [0.15, 0.2) is 46.9 Å². The minimum atomic E-state index is -0.331. The van der Waals surface area contributed by atoms with E-state index in [1.165, 1.54) is 5.56 Å². The van der Waals surface area contributed by atoms with Crippen LogP contribution in [0.4, 0.5) is 11.4 Å². The third-order valence-corrected chi connectivity index (χ3v) is 4.94. The first-order valence-corrected chi connectivity index (χ1v) is 9.40. The largest absolute Gasteiger partial charge is 0.440 e. The van der Waals surface area contributed by atoms with Gasteiger partial charge in [-0.15, -0.1) is 0 Å². The van der Waals surface area contributed by atoms with Crippen LogP contribution in [0.5, 0.6) is 0 Å². The minimum absolute atomic E-state index is 0.0792. The Hall–Kier alpha value is -2.82. The molecule has 4 rings (SSSR count). The second-order valence-electron chi connectivity index (χ2n) is 8.19. The molecule has 0 unspecified atom stereocenters. The van der Waals surface area contributed by atoms with Crippen molar-refractivity contribution in [1.82, 2.24) is 4.98 Å². The van der Waals surface area contributed by atoms with Crippen molar-refractivity contribution in [3.05, 3.63) is 53.9 Å². The Morgan fingerprint density at radius 2 is 2.00 bits per heavy atom. The van der Waals surface area contributed by atoms with E-state index in [1.807, 2.05) is 48.2 Å². The van der Waals surface area contributed by atoms with Gasteiger partial charge in [0.1, 0.15) is 11.6 Å². The topological polar surface area (TPSA) is 58.4 Å². The summed E-state index contributed by atoms with van der Waals surface area (Å²) < 4.78 is 5.85. The van der Waals surface area contributed by atoms with Gasteiger partial charge < -0.3 is 14.6 Å². The van der Waals surface area contributed by atoms with Gasteiger partial charge in [0.15, 0.2) is 5.58 Å². The van der Waals surface area contributed by atoms with Crippen LogP contribution in [0.1, 0.15) is 39.1 Å². The number of carbonyl (C=O) groups excluding carboxylic acids is 1. The van der Waals surface area contributed by atoms with E-state index in [1.54, 1.807) is 0 Å². The summed E-state index contributed by atoms with van der Waals surface area (Å²) in [5.41, 5.74) is 4.55. The van der Waals surface area contributed by atoms with E-state index in [0.29, 0.717) is 5.89 Å². The second kappa shape index (κ2) is 6.41. The molecule has 0 fully saturated rings. The maximum absolute atomic E-state index is 12.9. The van der Waals surface area contributed by atoms with Crippen molar-refractivity contribution in [3.8, 4) is 0 Å². The molecule has 1 atom stereocenters. The summed E-state index contributed by atoms with van der Waals surface area (Å²) >= 11 is 0. The van der Waals surface area contributed by atoms with Crippen molar-refractivity contribution in [2.45, 2.75) is 45.6 Å². The Morgan fingerprint density at radius 1 is 1.22 bits per heavy atom. The molecule has 5 nitrogen and oxygen atoms in total. The predicted molar refractivity (Wildman–Crippen MR) is 108 cm³/mol. The maximum atomic E-state index is 12.9. The molecule has 0 saturated heterocycles. The van der Waals surface area contributed by atoms with Crippen molar-refractivity contribution in [2.24, 2.45) is 0 Å². The Morgan fingerprint density at radius 3 is 2.78 bits per heavy atom. The number of fused-ring (bicyclic) bond motifs is 2. The first-order valence-electron chi connectivity index (χ1n) is 9.40. The molecule has 27 heavy (non-hydrogen) atoms. The Bertz CT molecular complexity index is 1000. The quantitative estimate of drug-likeness (QED) is 0.743. The number of nitrogens with one attached hydrogen (secondary N) is 1. The molecular weight excluding hydrogens is 338 g/mol. The van der Waals surface area contributed by atoms with Crippen molar-refractivity contribution >= 4 is 28.4 Å². The number of hydrogen-bond acceptors (Lipinski definition) is 4. The van der Waals surface area contributed by atoms with Gasteiger partial charge in [0.2, 0.25) is 11.8 Å². The number of para-hydroxylation sites is 1. The van der Waals surface area contributed by atoms with Crippen LogP contribution in [0.3, 0.4) is 0 Å². The number of carbonyl (C=O) groups is 1. The fraction of sp³-hybridized carbons (Fsp3) is 0.364. The molecule has 5 heteroatoms. The van der Waals surface area contributed by atoms with Crippen LogP contribution >= 0.6 is 0 Å². The third-order valence-electron chi connectivity index (χ3n) is 4.94. The van der Waals surface area contributed by atoms with Crippen LogP contribution < -0.4 is 10.2 Å². The number of rotatable bonds is 3. The van der Waals surface area contributed by atoms with Crippen LogP contribution in [0.25, 0.3) is 11.1 Å². The average Bonchev–Trinajstić information content (AvgIpc) is 3.24. The van der Waals surface area contributed by atoms with Crippen LogP contribution in [-0.4, -0.2) is 23.5 Å². The van der Waals surface area contributed by atoms with Gasteiger partial charge in [-0.25, -0.2) is 4.98 Å². The lowest BCUT2D eigenvalue weighted by Gasteiger charge is -2.23. The molecule has 0 bridgehead atoms. The number of benzene rings is 2. The summed E-state index contributed by atoms with van der Waals surface area (Å²) in [5, 5.41) is 3.32. The average molecular weight is 363 g/mol. The first-order chi connectivity index (χ1) is 12.8. The van der Waals surface area contributed by atoms with Crippen molar-refractivity contribution in [1.29, 1.82) is 0 Å². The van der Waals surface area contributed by atoms with E-state index in [2.05, 4.69) is 37.1 Å². The summed E-state index contributed by atoms with van der Waals surface area (Å²) in [6.07, 6.45) is 0.912. The summed E-state index contributed by atoms with van der Waals surface area (Å²) in [7, 11) is 0. The van der Waals surface area contributed by atoms with Gasteiger partial charge in [-0.3, -0.25) is 4.79 Å². The molecule has 2 aromatic carbocycles. The summed E-state index contributed by atoms with van der Waals surface area (Å²) in [6, 6.07) is 13.6. The van der Waals surface area contributed by atoms with Crippen LogP contribution in [0, 0.1) is 0 Å². The number of nitrogens with zero attached hydrogens (tertiary/aromatic N) is 2. The summed E-state index contributed by atoms with van der Waals surface area (Å²) in [5.74, 6) is 0.794. The van der Waals surface area contributed by atoms with Gasteiger partial charge in [0.25, 0.3) is 0 Å². The van der Waals surface area contributed by atoms with Gasteiger partial charge in [-0.2, -0.15) is 0 Å².